The van der Waals surface area contributed by atoms with Crippen molar-refractivity contribution in [2.45, 2.75) is 25.7 Å². The zero-order valence-electron chi connectivity index (χ0n) is 13.0. The summed E-state index contributed by atoms with van der Waals surface area (Å²) < 4.78 is 0. The Hall–Kier alpha value is -2.36. The molecule has 0 bridgehead atoms. The van der Waals surface area contributed by atoms with E-state index in [9.17, 15) is 14.7 Å². The molecule has 0 aromatic heterocycles. The van der Waals surface area contributed by atoms with E-state index in [1.807, 2.05) is 42.5 Å². The molecule has 3 rings (SSSR count). The Labute approximate surface area is 135 Å². The first-order chi connectivity index (χ1) is 11.1. The van der Waals surface area contributed by atoms with Crippen molar-refractivity contribution in [3.63, 3.8) is 0 Å². The van der Waals surface area contributed by atoms with Crippen LogP contribution in [-0.2, 0) is 16.0 Å². The first-order valence-corrected chi connectivity index (χ1v) is 8.11. The van der Waals surface area contributed by atoms with Crippen molar-refractivity contribution in [2.24, 2.45) is 11.8 Å². The van der Waals surface area contributed by atoms with Crippen molar-refractivity contribution in [2.75, 3.05) is 6.54 Å². The molecule has 0 spiro atoms. The summed E-state index contributed by atoms with van der Waals surface area (Å²) in [6.07, 6.45) is 3.37. The van der Waals surface area contributed by atoms with Crippen molar-refractivity contribution < 1.29 is 14.7 Å². The highest BCUT2D eigenvalue weighted by molar-refractivity contribution is 5.83. The lowest BCUT2D eigenvalue weighted by Crippen LogP contribution is -2.39. The molecule has 0 heterocycles. The minimum absolute atomic E-state index is 0.000937. The second-order valence-corrected chi connectivity index (χ2v) is 6.29. The molecular weight excluding hydrogens is 290 g/mol. The first-order valence-electron chi connectivity index (χ1n) is 8.11. The lowest BCUT2D eigenvalue weighted by atomic mass is 9.84. The van der Waals surface area contributed by atoms with E-state index in [0.717, 1.165) is 35.6 Å². The number of rotatable bonds is 6. The van der Waals surface area contributed by atoms with Gasteiger partial charge in [-0.2, -0.15) is 0 Å². The Kier molecular flexibility index (Phi) is 4.60. The maximum absolute atomic E-state index is 11.9. The van der Waals surface area contributed by atoms with Gasteiger partial charge in [-0.05, 0) is 35.6 Å². The van der Waals surface area contributed by atoms with Crippen LogP contribution in [0.1, 0.15) is 24.8 Å². The SMILES string of the molecule is O=C(O)C(CNC(=O)C1CCC1)Cc1ccc2ccccc2c1. The van der Waals surface area contributed by atoms with Crippen LogP contribution >= 0.6 is 0 Å². The molecule has 2 aromatic carbocycles. The van der Waals surface area contributed by atoms with Crippen LogP contribution < -0.4 is 5.32 Å². The molecule has 120 valence electrons. The summed E-state index contributed by atoms with van der Waals surface area (Å²) in [5.74, 6) is -1.38. The smallest absolute Gasteiger partial charge is 0.308 e. The molecule has 4 heteroatoms. The van der Waals surface area contributed by atoms with E-state index < -0.39 is 11.9 Å². The van der Waals surface area contributed by atoms with Crippen molar-refractivity contribution in [3.8, 4) is 0 Å². The van der Waals surface area contributed by atoms with Crippen molar-refractivity contribution >= 4 is 22.6 Å². The summed E-state index contributed by atoms with van der Waals surface area (Å²) in [5.41, 5.74) is 0.981. The highest BCUT2D eigenvalue weighted by atomic mass is 16.4. The van der Waals surface area contributed by atoms with E-state index in [4.69, 9.17) is 0 Å². The van der Waals surface area contributed by atoms with Gasteiger partial charge in [0.15, 0.2) is 0 Å². The second kappa shape index (κ2) is 6.82. The van der Waals surface area contributed by atoms with E-state index in [2.05, 4.69) is 5.32 Å². The number of nitrogens with one attached hydrogen (secondary N) is 1. The van der Waals surface area contributed by atoms with Crippen LogP contribution in [0.4, 0.5) is 0 Å². The lowest BCUT2D eigenvalue weighted by Gasteiger charge is -2.25. The normalized spacial score (nSPS) is 15.8. The summed E-state index contributed by atoms with van der Waals surface area (Å²) in [7, 11) is 0. The van der Waals surface area contributed by atoms with Gasteiger partial charge >= 0.3 is 5.97 Å². The number of carbonyl (C=O) groups is 2. The summed E-state index contributed by atoms with van der Waals surface area (Å²) in [4.78, 5) is 23.4. The molecule has 1 amide bonds. The van der Waals surface area contributed by atoms with E-state index in [0.29, 0.717) is 6.42 Å². The van der Waals surface area contributed by atoms with Crippen LogP contribution in [0.3, 0.4) is 0 Å². The number of carboxylic acid groups (broad SMARTS) is 1. The van der Waals surface area contributed by atoms with E-state index in [-0.39, 0.29) is 18.4 Å². The summed E-state index contributed by atoms with van der Waals surface area (Å²) in [6, 6.07) is 14.0. The van der Waals surface area contributed by atoms with Gasteiger partial charge in [-0.25, -0.2) is 0 Å². The van der Waals surface area contributed by atoms with E-state index in [1.54, 1.807) is 0 Å². The number of fused-ring (bicyclic) bond motifs is 1. The van der Waals surface area contributed by atoms with Crippen LogP contribution in [0.15, 0.2) is 42.5 Å². The predicted octanol–water partition coefficient (Wildman–Crippen LogP) is 3.00. The molecule has 1 fully saturated rings. The van der Waals surface area contributed by atoms with Crippen LogP contribution in [0.5, 0.6) is 0 Å². The van der Waals surface area contributed by atoms with Crippen LogP contribution in [0, 0.1) is 11.8 Å². The number of aliphatic carboxylic acids is 1. The zero-order valence-corrected chi connectivity index (χ0v) is 13.0. The minimum Gasteiger partial charge on any atom is -0.481 e. The number of amides is 1. The molecule has 0 saturated heterocycles. The first kappa shape index (κ1) is 15.5. The van der Waals surface area contributed by atoms with Crippen LogP contribution in [-0.4, -0.2) is 23.5 Å². The average Bonchev–Trinajstić information content (AvgIpc) is 2.49. The number of benzene rings is 2. The molecule has 1 aliphatic carbocycles. The standard InChI is InChI=1S/C19H21NO3/c21-18(15-6-3-7-15)20-12-17(19(22)23)11-13-8-9-14-4-1-2-5-16(14)10-13/h1-2,4-5,8-10,15,17H,3,6-7,11-12H2,(H,20,21)(H,22,23). The maximum Gasteiger partial charge on any atom is 0.308 e. The van der Waals surface area contributed by atoms with E-state index in [1.165, 1.54) is 0 Å². The van der Waals surface area contributed by atoms with Gasteiger partial charge in [0.25, 0.3) is 0 Å². The molecule has 1 unspecified atom stereocenters. The molecule has 1 atom stereocenters. The van der Waals surface area contributed by atoms with Crippen molar-refractivity contribution in [1.82, 2.24) is 5.32 Å². The lowest BCUT2D eigenvalue weighted by molar-refractivity contribution is -0.141. The summed E-state index contributed by atoms with van der Waals surface area (Å²) in [5, 5.41) is 14.5. The fourth-order valence-corrected chi connectivity index (χ4v) is 2.94. The molecule has 4 nitrogen and oxygen atoms in total. The number of carbonyl (C=O) groups excluding carboxylic acids is 1. The fraction of sp³-hybridized carbons (Fsp3) is 0.368. The van der Waals surface area contributed by atoms with Crippen molar-refractivity contribution in [1.29, 1.82) is 0 Å². The van der Waals surface area contributed by atoms with E-state index >= 15 is 0 Å². The largest absolute Gasteiger partial charge is 0.481 e. The molecule has 2 aromatic rings. The third-order valence-electron chi connectivity index (χ3n) is 4.64. The van der Waals surface area contributed by atoms with Gasteiger partial charge in [0.05, 0.1) is 5.92 Å². The molecule has 2 N–H and O–H groups in total. The van der Waals surface area contributed by atoms with Gasteiger partial charge in [-0.3, -0.25) is 9.59 Å². The highest BCUT2D eigenvalue weighted by Gasteiger charge is 2.26. The zero-order chi connectivity index (χ0) is 16.2. The van der Waals surface area contributed by atoms with Gasteiger partial charge in [-0.1, -0.05) is 48.9 Å². The van der Waals surface area contributed by atoms with Gasteiger partial charge in [0, 0.05) is 12.5 Å². The number of carboxylic acids is 1. The average molecular weight is 311 g/mol. The third-order valence-corrected chi connectivity index (χ3v) is 4.64. The quantitative estimate of drug-likeness (QED) is 0.862. The van der Waals surface area contributed by atoms with Gasteiger partial charge in [0.1, 0.15) is 0 Å². The van der Waals surface area contributed by atoms with Crippen LogP contribution in [0.25, 0.3) is 10.8 Å². The molecule has 0 radical (unpaired) electrons. The monoisotopic (exact) mass is 311 g/mol. The molecular formula is C19H21NO3. The second-order valence-electron chi connectivity index (χ2n) is 6.29. The third kappa shape index (κ3) is 3.70. The molecule has 1 saturated carbocycles. The molecule has 1 aliphatic rings. The number of hydrogen-bond acceptors (Lipinski definition) is 2. The Balaban J connectivity index is 1.65. The molecule has 0 aliphatic heterocycles. The predicted molar refractivity (Wildman–Crippen MR) is 89.1 cm³/mol. The Morgan fingerprint density at radius 3 is 2.52 bits per heavy atom. The summed E-state index contributed by atoms with van der Waals surface area (Å²) in [6.45, 7) is 0.192. The molecule has 23 heavy (non-hydrogen) atoms. The Morgan fingerprint density at radius 2 is 1.87 bits per heavy atom. The highest BCUT2D eigenvalue weighted by Crippen LogP contribution is 2.26. The summed E-state index contributed by atoms with van der Waals surface area (Å²) >= 11 is 0. The maximum atomic E-state index is 11.9. The number of hydrogen-bond donors (Lipinski definition) is 2. The topological polar surface area (TPSA) is 66.4 Å². The van der Waals surface area contributed by atoms with Gasteiger partial charge in [-0.15, -0.1) is 0 Å². The van der Waals surface area contributed by atoms with Gasteiger partial charge < -0.3 is 10.4 Å². The minimum atomic E-state index is -0.868. The van der Waals surface area contributed by atoms with Gasteiger partial charge in [0.2, 0.25) is 5.91 Å². The van der Waals surface area contributed by atoms with Crippen LogP contribution in [0.2, 0.25) is 0 Å². The van der Waals surface area contributed by atoms with Crippen molar-refractivity contribution in [3.05, 3.63) is 48.0 Å². The Bertz CT molecular complexity index is 721. The Morgan fingerprint density at radius 1 is 1.13 bits per heavy atom. The fourth-order valence-electron chi connectivity index (χ4n) is 2.94.